The van der Waals surface area contributed by atoms with Crippen LogP contribution in [-0.2, 0) is 26.6 Å². The average Bonchev–Trinajstić information content (AvgIpc) is 2.86. The maximum atomic E-state index is 12.1. The van der Waals surface area contributed by atoms with E-state index in [1.165, 1.54) is 0 Å². The molecule has 2 aromatic heterocycles. The molecule has 0 bridgehead atoms. The number of nitrogens with zero attached hydrogens (tertiary/aromatic N) is 4. The Labute approximate surface area is 117 Å². The monoisotopic (exact) mass is 282 g/mol. The molecule has 0 aliphatic rings. The van der Waals surface area contributed by atoms with Gasteiger partial charge in [-0.25, -0.2) is 4.79 Å². The number of halogens is 1. The smallest absolute Gasteiger partial charge is 0.299 e. The molecular weight excluding hydrogens is 264 g/mol. The molecule has 0 saturated heterocycles. The Balaban J connectivity index is 2.31. The van der Waals surface area contributed by atoms with Crippen LogP contribution in [0, 0.1) is 0 Å². The summed E-state index contributed by atoms with van der Waals surface area (Å²) in [6.07, 6.45) is 5.35. The lowest BCUT2D eigenvalue weighted by Crippen LogP contribution is -2.25. The van der Waals surface area contributed by atoms with E-state index in [9.17, 15) is 4.79 Å². The van der Waals surface area contributed by atoms with Crippen LogP contribution < -0.4 is 5.69 Å². The SMILES string of the molecule is CCCn1ccn(Cc2c(Cl)c(CC)nn2C)c1=O. The minimum absolute atomic E-state index is 0.00262. The summed E-state index contributed by atoms with van der Waals surface area (Å²) in [6.45, 7) is 5.26. The summed E-state index contributed by atoms with van der Waals surface area (Å²) in [6, 6.07) is 0. The zero-order valence-electron chi connectivity index (χ0n) is 11.6. The molecule has 6 heteroatoms. The number of rotatable bonds is 5. The van der Waals surface area contributed by atoms with E-state index >= 15 is 0 Å². The fraction of sp³-hybridized carbons (Fsp3) is 0.538. The summed E-state index contributed by atoms with van der Waals surface area (Å²) in [5.41, 5.74) is 1.74. The summed E-state index contributed by atoms with van der Waals surface area (Å²) < 4.78 is 5.13. The van der Waals surface area contributed by atoms with Crippen molar-refractivity contribution in [2.75, 3.05) is 0 Å². The van der Waals surface area contributed by atoms with Gasteiger partial charge < -0.3 is 0 Å². The highest BCUT2D eigenvalue weighted by atomic mass is 35.5. The van der Waals surface area contributed by atoms with Crippen molar-refractivity contribution >= 4 is 11.6 Å². The highest BCUT2D eigenvalue weighted by molar-refractivity contribution is 6.31. The van der Waals surface area contributed by atoms with Gasteiger partial charge >= 0.3 is 5.69 Å². The minimum atomic E-state index is -0.00262. The first kappa shape index (κ1) is 13.9. The minimum Gasteiger partial charge on any atom is -0.299 e. The van der Waals surface area contributed by atoms with Gasteiger partial charge in [-0.15, -0.1) is 0 Å². The first-order chi connectivity index (χ1) is 9.08. The van der Waals surface area contributed by atoms with Crippen LogP contribution in [0.5, 0.6) is 0 Å². The van der Waals surface area contributed by atoms with E-state index in [-0.39, 0.29) is 5.69 Å². The van der Waals surface area contributed by atoms with Gasteiger partial charge in [-0.05, 0) is 12.8 Å². The Hall–Kier alpha value is -1.49. The van der Waals surface area contributed by atoms with Crippen molar-refractivity contribution in [3.63, 3.8) is 0 Å². The molecule has 0 radical (unpaired) electrons. The van der Waals surface area contributed by atoms with Crippen molar-refractivity contribution in [2.45, 2.75) is 39.8 Å². The van der Waals surface area contributed by atoms with Crippen molar-refractivity contribution in [1.29, 1.82) is 0 Å². The van der Waals surface area contributed by atoms with Gasteiger partial charge in [0.05, 0.1) is 23.0 Å². The van der Waals surface area contributed by atoms with E-state index in [1.807, 2.05) is 20.2 Å². The molecule has 5 nitrogen and oxygen atoms in total. The van der Waals surface area contributed by atoms with E-state index in [0.29, 0.717) is 11.6 Å². The molecule has 104 valence electrons. The molecule has 0 N–H and O–H groups in total. The summed E-state index contributed by atoms with van der Waals surface area (Å²) in [5.74, 6) is 0. The van der Waals surface area contributed by atoms with Crippen LogP contribution in [0.25, 0.3) is 0 Å². The number of hydrogen-bond acceptors (Lipinski definition) is 2. The highest BCUT2D eigenvalue weighted by Gasteiger charge is 2.14. The number of hydrogen-bond donors (Lipinski definition) is 0. The maximum absolute atomic E-state index is 12.1. The number of imidazole rings is 1. The topological polar surface area (TPSA) is 44.8 Å². The zero-order valence-corrected chi connectivity index (χ0v) is 12.3. The van der Waals surface area contributed by atoms with Crippen LogP contribution in [0.3, 0.4) is 0 Å². The zero-order chi connectivity index (χ0) is 14.0. The van der Waals surface area contributed by atoms with E-state index in [2.05, 4.69) is 12.0 Å². The van der Waals surface area contributed by atoms with Gasteiger partial charge in [0.15, 0.2) is 0 Å². The van der Waals surface area contributed by atoms with Gasteiger partial charge in [0.1, 0.15) is 0 Å². The van der Waals surface area contributed by atoms with E-state index in [1.54, 1.807) is 20.0 Å². The Morgan fingerprint density at radius 3 is 2.53 bits per heavy atom. The third kappa shape index (κ3) is 2.61. The molecule has 0 saturated carbocycles. The molecular formula is C13H19ClN4O. The molecule has 0 spiro atoms. The summed E-state index contributed by atoms with van der Waals surface area (Å²) in [5, 5.41) is 5.03. The Bertz CT molecular complexity index is 623. The van der Waals surface area contributed by atoms with Gasteiger partial charge in [0.2, 0.25) is 0 Å². The molecule has 0 unspecified atom stereocenters. The second kappa shape index (κ2) is 5.65. The molecule has 0 amide bonds. The predicted octanol–water partition coefficient (Wildman–Crippen LogP) is 2.06. The fourth-order valence-electron chi connectivity index (χ4n) is 2.14. The standard InChI is InChI=1S/C13H19ClN4O/c1-4-6-17-7-8-18(13(17)19)9-11-12(14)10(5-2)15-16(11)3/h7-8H,4-6,9H2,1-3H3. The molecule has 0 fully saturated rings. The van der Waals surface area contributed by atoms with Gasteiger partial charge in [-0.3, -0.25) is 13.8 Å². The lowest BCUT2D eigenvalue weighted by Gasteiger charge is -2.03. The van der Waals surface area contributed by atoms with Crippen LogP contribution in [0.2, 0.25) is 5.02 Å². The normalized spacial score (nSPS) is 11.2. The van der Waals surface area contributed by atoms with Crippen LogP contribution in [-0.4, -0.2) is 18.9 Å². The summed E-state index contributed by atoms with van der Waals surface area (Å²) in [7, 11) is 1.86. The molecule has 0 aliphatic carbocycles. The second-order valence-electron chi connectivity index (χ2n) is 4.59. The summed E-state index contributed by atoms with van der Waals surface area (Å²) >= 11 is 6.29. The molecule has 2 heterocycles. The Morgan fingerprint density at radius 2 is 1.95 bits per heavy atom. The molecule has 0 aliphatic heterocycles. The first-order valence-corrected chi connectivity index (χ1v) is 6.92. The molecule has 2 rings (SSSR count). The van der Waals surface area contributed by atoms with Crippen LogP contribution in [0.15, 0.2) is 17.2 Å². The van der Waals surface area contributed by atoms with Gasteiger partial charge in [-0.1, -0.05) is 25.4 Å². The Kier molecular flexibility index (Phi) is 4.14. The number of aryl methyl sites for hydroxylation is 3. The van der Waals surface area contributed by atoms with Crippen LogP contribution >= 0.6 is 11.6 Å². The predicted molar refractivity (Wildman–Crippen MR) is 75.7 cm³/mol. The van der Waals surface area contributed by atoms with Crippen LogP contribution in [0.4, 0.5) is 0 Å². The number of aromatic nitrogens is 4. The Morgan fingerprint density at radius 1 is 1.26 bits per heavy atom. The fourth-order valence-corrected chi connectivity index (χ4v) is 2.49. The molecule has 0 aromatic carbocycles. The molecule has 2 aromatic rings. The van der Waals surface area contributed by atoms with Gasteiger partial charge in [0.25, 0.3) is 0 Å². The van der Waals surface area contributed by atoms with Crippen LogP contribution in [0.1, 0.15) is 31.7 Å². The van der Waals surface area contributed by atoms with Crippen molar-refractivity contribution in [3.8, 4) is 0 Å². The average molecular weight is 283 g/mol. The van der Waals surface area contributed by atoms with Crippen molar-refractivity contribution in [1.82, 2.24) is 18.9 Å². The van der Waals surface area contributed by atoms with E-state index in [0.717, 1.165) is 30.8 Å². The van der Waals surface area contributed by atoms with E-state index < -0.39 is 0 Å². The lowest BCUT2D eigenvalue weighted by molar-refractivity contribution is 0.605. The largest absolute Gasteiger partial charge is 0.328 e. The quantitative estimate of drug-likeness (QED) is 0.843. The van der Waals surface area contributed by atoms with E-state index in [4.69, 9.17) is 11.6 Å². The molecule has 0 atom stereocenters. The second-order valence-corrected chi connectivity index (χ2v) is 4.96. The summed E-state index contributed by atoms with van der Waals surface area (Å²) in [4.78, 5) is 12.1. The third-order valence-electron chi connectivity index (χ3n) is 3.21. The highest BCUT2D eigenvalue weighted by Crippen LogP contribution is 2.21. The van der Waals surface area contributed by atoms with Gasteiger partial charge in [-0.2, -0.15) is 5.10 Å². The van der Waals surface area contributed by atoms with Crippen molar-refractivity contribution in [3.05, 3.63) is 39.3 Å². The van der Waals surface area contributed by atoms with Crippen molar-refractivity contribution < 1.29 is 0 Å². The molecule has 19 heavy (non-hydrogen) atoms. The maximum Gasteiger partial charge on any atom is 0.328 e. The lowest BCUT2D eigenvalue weighted by atomic mass is 10.3. The third-order valence-corrected chi connectivity index (χ3v) is 3.64. The first-order valence-electron chi connectivity index (χ1n) is 6.54. The van der Waals surface area contributed by atoms with Crippen molar-refractivity contribution in [2.24, 2.45) is 7.05 Å². The van der Waals surface area contributed by atoms with Gasteiger partial charge in [0, 0.05) is 26.0 Å².